The van der Waals surface area contributed by atoms with E-state index in [0.717, 1.165) is 27.9 Å². The Hall–Kier alpha value is -2.82. The second-order valence-corrected chi connectivity index (χ2v) is 5.13. The maximum atomic E-state index is 12.3. The van der Waals surface area contributed by atoms with Crippen molar-refractivity contribution in [2.24, 2.45) is 0 Å². The van der Waals surface area contributed by atoms with Crippen molar-refractivity contribution in [3.05, 3.63) is 59.8 Å². The molecule has 112 valence electrons. The summed E-state index contributed by atoms with van der Waals surface area (Å²) in [6.45, 7) is 2.30. The Morgan fingerprint density at radius 1 is 1.18 bits per heavy atom. The molecule has 0 saturated heterocycles. The minimum atomic E-state index is -0.179. The normalized spacial score (nSPS) is 10.6. The summed E-state index contributed by atoms with van der Waals surface area (Å²) in [5.74, 6) is 0. The second kappa shape index (κ2) is 5.89. The van der Waals surface area contributed by atoms with Gasteiger partial charge in [0.2, 0.25) is 0 Å². The molecule has 0 aliphatic rings. The van der Waals surface area contributed by atoms with Crippen LogP contribution in [0, 0.1) is 6.92 Å². The number of hydrogen-bond donors (Lipinski definition) is 1. The lowest BCUT2D eigenvalue weighted by Gasteiger charge is -2.19. The zero-order valence-corrected chi connectivity index (χ0v) is 12.5. The third kappa shape index (κ3) is 2.65. The van der Waals surface area contributed by atoms with E-state index in [1.165, 1.54) is 0 Å². The van der Waals surface area contributed by atoms with Gasteiger partial charge < -0.3 is 9.84 Å². The van der Waals surface area contributed by atoms with E-state index in [4.69, 9.17) is 4.52 Å². The fraction of sp³-hybridized carbons (Fsp3) is 0.176. The summed E-state index contributed by atoms with van der Waals surface area (Å²) in [4.78, 5) is 13.9. The third-order valence-electron chi connectivity index (χ3n) is 3.64. The number of amides is 2. The number of aryl methyl sites for hydroxylation is 1. The van der Waals surface area contributed by atoms with Crippen LogP contribution in [0.25, 0.3) is 11.0 Å². The lowest BCUT2D eigenvalue weighted by Crippen LogP contribution is -2.37. The van der Waals surface area contributed by atoms with Gasteiger partial charge in [0.15, 0.2) is 5.58 Å². The lowest BCUT2D eigenvalue weighted by molar-refractivity contribution is 0.247. The number of aromatic nitrogens is 1. The van der Waals surface area contributed by atoms with Gasteiger partial charge in [-0.05, 0) is 30.7 Å². The average molecular weight is 295 g/mol. The molecule has 2 aromatic carbocycles. The van der Waals surface area contributed by atoms with Crippen LogP contribution in [0.3, 0.4) is 0 Å². The number of carbonyl (C=O) groups is 1. The molecule has 2 amide bonds. The quantitative estimate of drug-likeness (QED) is 0.804. The highest BCUT2D eigenvalue weighted by Gasteiger charge is 2.14. The monoisotopic (exact) mass is 295 g/mol. The van der Waals surface area contributed by atoms with Crippen LogP contribution < -0.4 is 10.2 Å². The van der Waals surface area contributed by atoms with Crippen molar-refractivity contribution in [1.82, 2.24) is 10.5 Å². The van der Waals surface area contributed by atoms with E-state index in [2.05, 4.69) is 10.5 Å². The van der Waals surface area contributed by atoms with Gasteiger partial charge in [-0.2, -0.15) is 0 Å². The Balaban J connectivity index is 1.71. The molecule has 22 heavy (non-hydrogen) atoms. The van der Waals surface area contributed by atoms with E-state index in [0.29, 0.717) is 6.54 Å². The van der Waals surface area contributed by atoms with Crippen molar-refractivity contribution in [3.63, 3.8) is 0 Å². The molecule has 1 heterocycles. The van der Waals surface area contributed by atoms with E-state index >= 15 is 0 Å². The van der Waals surface area contributed by atoms with Crippen molar-refractivity contribution >= 4 is 22.7 Å². The first-order valence-corrected chi connectivity index (χ1v) is 7.07. The molecule has 0 radical (unpaired) electrons. The zero-order chi connectivity index (χ0) is 15.5. The first-order chi connectivity index (χ1) is 10.7. The molecule has 0 aliphatic heterocycles. The summed E-state index contributed by atoms with van der Waals surface area (Å²) in [5, 5.41) is 7.79. The van der Waals surface area contributed by atoms with Crippen molar-refractivity contribution in [2.75, 3.05) is 11.9 Å². The predicted molar refractivity (Wildman–Crippen MR) is 85.8 cm³/mol. The summed E-state index contributed by atoms with van der Waals surface area (Å²) in [5.41, 5.74) is 3.37. The molecule has 0 bridgehead atoms. The molecule has 3 aromatic rings. The number of hydrogen-bond acceptors (Lipinski definition) is 3. The van der Waals surface area contributed by atoms with Gasteiger partial charge in [0.1, 0.15) is 5.69 Å². The Kier molecular flexibility index (Phi) is 3.78. The highest BCUT2D eigenvalue weighted by atomic mass is 16.5. The summed E-state index contributed by atoms with van der Waals surface area (Å²) in [7, 11) is 1.75. The van der Waals surface area contributed by atoms with Gasteiger partial charge in [-0.15, -0.1) is 0 Å². The van der Waals surface area contributed by atoms with E-state index in [-0.39, 0.29) is 6.03 Å². The number of para-hydroxylation sites is 2. The molecular weight excluding hydrogens is 278 g/mol. The standard InChI is InChI=1S/C17H17N3O2/c1-12-7-3-5-9-15(12)20(2)17(21)18-11-14-13-8-4-6-10-16(13)22-19-14/h3-10H,11H2,1-2H3,(H,18,21). The number of nitrogens with one attached hydrogen (secondary N) is 1. The van der Waals surface area contributed by atoms with Crippen LogP contribution in [-0.4, -0.2) is 18.2 Å². The van der Waals surface area contributed by atoms with Crippen molar-refractivity contribution in [2.45, 2.75) is 13.5 Å². The maximum absolute atomic E-state index is 12.3. The minimum absolute atomic E-state index is 0.179. The third-order valence-corrected chi connectivity index (χ3v) is 3.64. The second-order valence-electron chi connectivity index (χ2n) is 5.13. The first kappa shape index (κ1) is 14.1. The van der Waals surface area contributed by atoms with Crippen LogP contribution in [-0.2, 0) is 6.54 Å². The fourth-order valence-corrected chi connectivity index (χ4v) is 2.39. The average Bonchev–Trinajstić information content (AvgIpc) is 2.95. The highest BCUT2D eigenvalue weighted by molar-refractivity contribution is 5.92. The summed E-state index contributed by atoms with van der Waals surface area (Å²) in [6.07, 6.45) is 0. The maximum Gasteiger partial charge on any atom is 0.321 e. The summed E-state index contributed by atoms with van der Waals surface area (Å²) in [6, 6.07) is 15.2. The molecule has 0 spiro atoms. The van der Waals surface area contributed by atoms with Gasteiger partial charge >= 0.3 is 6.03 Å². The summed E-state index contributed by atoms with van der Waals surface area (Å²) >= 11 is 0. The van der Waals surface area contributed by atoms with Gasteiger partial charge in [0, 0.05) is 18.1 Å². The molecule has 5 nitrogen and oxygen atoms in total. The van der Waals surface area contributed by atoms with E-state index < -0.39 is 0 Å². The Bertz CT molecular complexity index is 810. The molecule has 1 N–H and O–H groups in total. The minimum Gasteiger partial charge on any atom is -0.356 e. The van der Waals surface area contributed by atoms with Crippen LogP contribution in [0.4, 0.5) is 10.5 Å². The Labute approximate surface area is 128 Å². The zero-order valence-electron chi connectivity index (χ0n) is 12.5. The molecule has 0 unspecified atom stereocenters. The largest absolute Gasteiger partial charge is 0.356 e. The number of nitrogens with zero attached hydrogens (tertiary/aromatic N) is 2. The van der Waals surface area contributed by atoms with E-state index in [1.807, 2.05) is 55.5 Å². The number of fused-ring (bicyclic) bond motifs is 1. The first-order valence-electron chi connectivity index (χ1n) is 7.07. The van der Waals surface area contributed by atoms with Gasteiger partial charge in [0.25, 0.3) is 0 Å². The Morgan fingerprint density at radius 3 is 2.73 bits per heavy atom. The number of anilines is 1. The van der Waals surface area contributed by atoms with Crippen molar-refractivity contribution in [3.8, 4) is 0 Å². The predicted octanol–water partition coefficient (Wildman–Crippen LogP) is 3.48. The Morgan fingerprint density at radius 2 is 1.91 bits per heavy atom. The number of rotatable bonds is 3. The van der Waals surface area contributed by atoms with Gasteiger partial charge in [0.05, 0.1) is 6.54 Å². The number of urea groups is 1. The topological polar surface area (TPSA) is 58.4 Å². The SMILES string of the molecule is Cc1ccccc1N(C)C(=O)NCc1noc2ccccc12. The molecular formula is C17H17N3O2. The highest BCUT2D eigenvalue weighted by Crippen LogP contribution is 2.19. The molecule has 0 atom stereocenters. The summed E-state index contributed by atoms with van der Waals surface area (Å²) < 4.78 is 5.23. The molecule has 0 saturated carbocycles. The van der Waals surface area contributed by atoms with E-state index in [1.54, 1.807) is 11.9 Å². The molecule has 5 heteroatoms. The fourth-order valence-electron chi connectivity index (χ4n) is 2.39. The van der Waals surface area contributed by atoms with Crippen LogP contribution in [0.15, 0.2) is 53.1 Å². The molecule has 0 fully saturated rings. The van der Waals surface area contributed by atoms with Crippen LogP contribution in [0.2, 0.25) is 0 Å². The molecule has 0 aliphatic carbocycles. The van der Waals surface area contributed by atoms with Crippen molar-refractivity contribution < 1.29 is 9.32 Å². The van der Waals surface area contributed by atoms with Gasteiger partial charge in [-0.3, -0.25) is 4.90 Å². The van der Waals surface area contributed by atoms with Crippen LogP contribution in [0.5, 0.6) is 0 Å². The van der Waals surface area contributed by atoms with Crippen molar-refractivity contribution in [1.29, 1.82) is 0 Å². The van der Waals surface area contributed by atoms with Gasteiger partial charge in [-0.25, -0.2) is 4.79 Å². The lowest BCUT2D eigenvalue weighted by atomic mass is 10.2. The number of benzene rings is 2. The smallest absolute Gasteiger partial charge is 0.321 e. The number of carbonyl (C=O) groups excluding carboxylic acids is 1. The van der Waals surface area contributed by atoms with Gasteiger partial charge in [-0.1, -0.05) is 35.5 Å². The molecule has 1 aromatic heterocycles. The van der Waals surface area contributed by atoms with Crippen LogP contribution in [0.1, 0.15) is 11.3 Å². The van der Waals surface area contributed by atoms with Crippen LogP contribution >= 0.6 is 0 Å². The van der Waals surface area contributed by atoms with E-state index in [9.17, 15) is 4.79 Å². The molecule has 3 rings (SSSR count).